The molecule has 1 amide bonds. The van der Waals surface area contributed by atoms with Crippen LogP contribution in [0.1, 0.15) is 31.9 Å². The number of halogens is 3. The smallest absolute Gasteiger partial charge is 0.368 e. The molecule has 126 valence electrons. The van der Waals surface area contributed by atoms with Crippen molar-refractivity contribution in [3.63, 3.8) is 0 Å². The van der Waals surface area contributed by atoms with Gasteiger partial charge in [0.05, 0.1) is 18.7 Å². The molecule has 0 aromatic heterocycles. The van der Waals surface area contributed by atoms with E-state index in [1.54, 1.807) is 26.0 Å². The molecule has 0 aliphatic carbocycles. The molecule has 1 aromatic carbocycles. The van der Waals surface area contributed by atoms with Gasteiger partial charge < -0.3 is 5.73 Å². The van der Waals surface area contributed by atoms with Crippen molar-refractivity contribution >= 4 is 5.91 Å². The van der Waals surface area contributed by atoms with Crippen molar-refractivity contribution in [2.24, 2.45) is 11.7 Å². The lowest BCUT2D eigenvalue weighted by Gasteiger charge is -2.36. The van der Waals surface area contributed by atoms with Crippen LogP contribution in [-0.4, -0.2) is 29.6 Å². The number of hydrogen-bond acceptors (Lipinski definition) is 3. The highest BCUT2D eigenvalue weighted by Crippen LogP contribution is 2.39. The van der Waals surface area contributed by atoms with Crippen molar-refractivity contribution in [2.45, 2.75) is 38.5 Å². The number of hydrogen-bond donors (Lipinski definition) is 1. The fourth-order valence-electron chi connectivity index (χ4n) is 2.53. The molecule has 23 heavy (non-hydrogen) atoms. The third kappa shape index (κ3) is 5.25. The Hall–Kier alpha value is -2.07. The molecule has 1 aromatic rings. The first kappa shape index (κ1) is 19.0. The summed E-state index contributed by atoms with van der Waals surface area (Å²) in [7, 11) is 0. The fourth-order valence-corrected chi connectivity index (χ4v) is 2.53. The summed E-state index contributed by atoms with van der Waals surface area (Å²) in [4.78, 5) is 12.6. The number of primary amides is 1. The van der Waals surface area contributed by atoms with Crippen molar-refractivity contribution in [2.75, 3.05) is 6.54 Å². The van der Waals surface area contributed by atoms with Gasteiger partial charge in [0.25, 0.3) is 0 Å². The van der Waals surface area contributed by atoms with E-state index in [0.29, 0.717) is 0 Å². The van der Waals surface area contributed by atoms with Crippen LogP contribution in [0.25, 0.3) is 0 Å². The maximum Gasteiger partial charge on any atom is 0.408 e. The highest BCUT2D eigenvalue weighted by atomic mass is 19.4. The van der Waals surface area contributed by atoms with Gasteiger partial charge in [0.2, 0.25) is 5.91 Å². The van der Waals surface area contributed by atoms with E-state index in [2.05, 4.69) is 0 Å². The summed E-state index contributed by atoms with van der Waals surface area (Å²) < 4.78 is 40.9. The second kappa shape index (κ2) is 7.97. The predicted octanol–water partition coefficient (Wildman–Crippen LogP) is 3.02. The van der Waals surface area contributed by atoms with Crippen LogP contribution in [0.2, 0.25) is 0 Å². The third-order valence-corrected chi connectivity index (χ3v) is 3.43. The highest BCUT2D eigenvalue weighted by molar-refractivity contribution is 5.80. The third-order valence-electron chi connectivity index (χ3n) is 3.43. The van der Waals surface area contributed by atoms with Gasteiger partial charge in [-0.15, -0.1) is 0 Å². The molecule has 7 heteroatoms. The Bertz CT molecular complexity index is 552. The van der Waals surface area contributed by atoms with E-state index >= 15 is 0 Å². The zero-order chi connectivity index (χ0) is 17.6. The quantitative estimate of drug-likeness (QED) is 0.783. The molecule has 0 aliphatic heterocycles. The Labute approximate surface area is 133 Å². The van der Waals surface area contributed by atoms with E-state index in [-0.39, 0.29) is 17.9 Å². The minimum absolute atomic E-state index is 0.0229. The molecule has 0 heterocycles. The van der Waals surface area contributed by atoms with Crippen LogP contribution in [0, 0.1) is 17.2 Å². The monoisotopic (exact) mass is 327 g/mol. The molecular formula is C16H20F3N3O. The topological polar surface area (TPSA) is 70.1 Å². The maximum absolute atomic E-state index is 13.6. The van der Waals surface area contributed by atoms with Crippen molar-refractivity contribution in [3.8, 4) is 6.07 Å². The minimum atomic E-state index is -4.64. The van der Waals surface area contributed by atoms with Crippen LogP contribution >= 0.6 is 0 Å². The number of carbonyl (C=O) groups excluding carboxylic acids is 1. The van der Waals surface area contributed by atoms with E-state index in [9.17, 15) is 18.0 Å². The second-order valence-corrected chi connectivity index (χ2v) is 5.73. The molecule has 2 N–H and O–H groups in total. The lowest BCUT2D eigenvalue weighted by atomic mass is 9.97. The summed E-state index contributed by atoms with van der Waals surface area (Å²) in [6.45, 7) is 3.02. The summed E-state index contributed by atoms with van der Waals surface area (Å²) >= 11 is 0. The number of carbonyl (C=O) groups is 1. The second-order valence-electron chi connectivity index (χ2n) is 5.73. The number of rotatable bonds is 7. The summed E-state index contributed by atoms with van der Waals surface area (Å²) in [5, 5.41) is 8.95. The summed E-state index contributed by atoms with van der Waals surface area (Å²) in [5.74, 6) is -0.905. The lowest BCUT2D eigenvalue weighted by Crippen LogP contribution is -2.51. The van der Waals surface area contributed by atoms with Crippen LogP contribution in [-0.2, 0) is 4.79 Å². The van der Waals surface area contributed by atoms with Crippen molar-refractivity contribution in [1.82, 2.24) is 4.90 Å². The van der Waals surface area contributed by atoms with Crippen LogP contribution in [0.15, 0.2) is 30.3 Å². The molecule has 1 rings (SSSR count). The summed E-state index contributed by atoms with van der Waals surface area (Å²) in [6, 6.07) is 5.73. The normalized spacial score (nSPS) is 14.5. The van der Waals surface area contributed by atoms with E-state index in [0.717, 1.165) is 4.90 Å². The minimum Gasteiger partial charge on any atom is -0.368 e. The molecule has 0 fully saturated rings. The average molecular weight is 327 g/mol. The molecule has 0 aliphatic rings. The zero-order valence-electron chi connectivity index (χ0n) is 13.0. The van der Waals surface area contributed by atoms with Gasteiger partial charge in [-0.25, -0.2) is 0 Å². The van der Waals surface area contributed by atoms with Gasteiger partial charge in [0, 0.05) is 0 Å². The van der Waals surface area contributed by atoms with Crippen LogP contribution < -0.4 is 5.73 Å². The standard InChI is InChI=1S/C16H20F3N3O/c1-11(2)10-13(15(21)23)22(9-8-20)14(16(17,18)19)12-6-4-3-5-7-12/h3-7,11,13-14H,9-10H2,1-2H3,(H2,21,23)/t13-,14?/m0/s1. The van der Waals surface area contributed by atoms with Gasteiger partial charge in [-0.1, -0.05) is 44.2 Å². The fraction of sp³-hybridized carbons (Fsp3) is 0.500. The van der Waals surface area contributed by atoms with E-state index in [1.807, 2.05) is 0 Å². The Balaban J connectivity index is 3.35. The number of alkyl halides is 3. The van der Waals surface area contributed by atoms with Gasteiger partial charge in [-0.3, -0.25) is 9.69 Å². The molecule has 0 radical (unpaired) electrons. The average Bonchev–Trinajstić information content (AvgIpc) is 2.43. The maximum atomic E-state index is 13.6. The first-order chi connectivity index (χ1) is 10.7. The van der Waals surface area contributed by atoms with Crippen LogP contribution in [0.5, 0.6) is 0 Å². The number of nitrogens with zero attached hydrogens (tertiary/aromatic N) is 2. The van der Waals surface area contributed by atoms with Gasteiger partial charge >= 0.3 is 6.18 Å². The van der Waals surface area contributed by atoms with Crippen LogP contribution in [0.3, 0.4) is 0 Å². The van der Waals surface area contributed by atoms with Gasteiger partial charge in [0.1, 0.15) is 6.04 Å². The first-order valence-electron chi connectivity index (χ1n) is 7.22. The van der Waals surface area contributed by atoms with E-state index in [1.165, 1.54) is 24.3 Å². The number of benzene rings is 1. The van der Waals surface area contributed by atoms with E-state index < -0.39 is 30.7 Å². The van der Waals surface area contributed by atoms with Crippen LogP contribution in [0.4, 0.5) is 13.2 Å². The predicted molar refractivity (Wildman–Crippen MR) is 80.0 cm³/mol. The lowest BCUT2D eigenvalue weighted by molar-refractivity contribution is -0.192. The number of nitriles is 1. The molecule has 0 spiro atoms. The van der Waals surface area contributed by atoms with Crippen molar-refractivity contribution < 1.29 is 18.0 Å². The van der Waals surface area contributed by atoms with Crippen molar-refractivity contribution in [3.05, 3.63) is 35.9 Å². The van der Waals surface area contributed by atoms with Crippen molar-refractivity contribution in [1.29, 1.82) is 5.26 Å². The van der Waals surface area contributed by atoms with Gasteiger partial charge in [0.15, 0.2) is 0 Å². The largest absolute Gasteiger partial charge is 0.408 e. The Morgan fingerprint density at radius 3 is 2.26 bits per heavy atom. The molecule has 2 atom stereocenters. The van der Waals surface area contributed by atoms with E-state index in [4.69, 9.17) is 11.0 Å². The molecule has 0 saturated carbocycles. The van der Waals surface area contributed by atoms with Gasteiger partial charge in [-0.05, 0) is 17.9 Å². The summed E-state index contributed by atoms with van der Waals surface area (Å²) in [6.07, 6.45) is -4.49. The molecule has 0 saturated heterocycles. The highest BCUT2D eigenvalue weighted by Gasteiger charge is 2.47. The van der Waals surface area contributed by atoms with Gasteiger partial charge in [-0.2, -0.15) is 18.4 Å². The molecule has 0 bridgehead atoms. The SMILES string of the molecule is CC(C)C[C@@H](C(N)=O)N(CC#N)C(c1ccccc1)C(F)(F)F. The molecule has 1 unspecified atom stereocenters. The summed E-state index contributed by atoms with van der Waals surface area (Å²) in [5.41, 5.74) is 5.30. The number of nitrogens with two attached hydrogens (primary N) is 1. The Kier molecular flexibility index (Phi) is 6.58. The first-order valence-corrected chi connectivity index (χ1v) is 7.22. The Morgan fingerprint density at radius 2 is 1.87 bits per heavy atom. The zero-order valence-corrected chi connectivity index (χ0v) is 13.0. The molecular weight excluding hydrogens is 307 g/mol. The molecule has 4 nitrogen and oxygen atoms in total. The number of amides is 1. The Morgan fingerprint density at radius 1 is 1.30 bits per heavy atom.